The zero-order chi connectivity index (χ0) is 17.8. The fourth-order valence-electron chi connectivity index (χ4n) is 2.97. The third-order valence-corrected chi connectivity index (χ3v) is 4.39. The molecule has 2 amide bonds. The molecule has 132 valence electrons. The monoisotopic (exact) mass is 342 g/mol. The molecule has 25 heavy (non-hydrogen) atoms. The molecule has 0 aromatic carbocycles. The summed E-state index contributed by atoms with van der Waals surface area (Å²) in [7, 11) is 3.59. The first-order valence-electron chi connectivity index (χ1n) is 8.22. The maximum atomic E-state index is 12.8. The Morgan fingerprint density at radius 2 is 2.08 bits per heavy atom. The van der Waals surface area contributed by atoms with Gasteiger partial charge in [0.2, 0.25) is 5.91 Å². The van der Waals surface area contributed by atoms with E-state index in [4.69, 9.17) is 0 Å². The molecule has 1 aliphatic rings. The van der Waals surface area contributed by atoms with Crippen molar-refractivity contribution in [3.8, 4) is 5.82 Å². The first-order valence-corrected chi connectivity index (χ1v) is 8.22. The number of hydrogen-bond donors (Lipinski definition) is 1. The Kier molecular flexibility index (Phi) is 5.08. The van der Waals surface area contributed by atoms with Gasteiger partial charge >= 0.3 is 0 Å². The van der Waals surface area contributed by atoms with Gasteiger partial charge in [0.05, 0.1) is 11.5 Å². The summed E-state index contributed by atoms with van der Waals surface area (Å²) in [5.41, 5.74) is 0.518. The van der Waals surface area contributed by atoms with Crippen LogP contribution < -0.4 is 5.32 Å². The number of carbonyl (C=O) groups excluding carboxylic acids is 2. The van der Waals surface area contributed by atoms with Crippen LogP contribution in [-0.2, 0) is 4.79 Å². The van der Waals surface area contributed by atoms with Crippen molar-refractivity contribution >= 4 is 11.8 Å². The van der Waals surface area contributed by atoms with Crippen LogP contribution in [0.2, 0.25) is 0 Å². The number of hydrogen-bond acceptors (Lipinski definition) is 5. The van der Waals surface area contributed by atoms with Gasteiger partial charge in [0.25, 0.3) is 5.91 Å². The molecule has 0 saturated carbocycles. The Bertz CT molecular complexity index is 728. The highest BCUT2D eigenvalue weighted by Gasteiger charge is 2.28. The number of aromatic nitrogens is 3. The summed E-state index contributed by atoms with van der Waals surface area (Å²) >= 11 is 0. The second-order valence-corrected chi connectivity index (χ2v) is 6.20. The van der Waals surface area contributed by atoms with Crippen LogP contribution in [-0.4, -0.2) is 76.4 Å². The van der Waals surface area contributed by atoms with Gasteiger partial charge in [0.15, 0.2) is 0 Å². The Morgan fingerprint density at radius 3 is 2.72 bits per heavy atom. The van der Waals surface area contributed by atoms with Crippen LogP contribution in [0, 0.1) is 5.92 Å². The van der Waals surface area contributed by atoms with Gasteiger partial charge in [-0.1, -0.05) is 0 Å². The number of likely N-dealkylation sites (N-methyl/N-ethyl adjacent to an activating group) is 1. The van der Waals surface area contributed by atoms with Crippen LogP contribution >= 0.6 is 0 Å². The third kappa shape index (κ3) is 3.85. The second-order valence-electron chi connectivity index (χ2n) is 6.20. The van der Waals surface area contributed by atoms with Crippen LogP contribution in [0.5, 0.6) is 0 Å². The minimum atomic E-state index is -0.236. The zero-order valence-electron chi connectivity index (χ0n) is 14.4. The lowest BCUT2D eigenvalue weighted by Gasteiger charge is -2.23. The molecule has 8 heteroatoms. The molecular weight excluding hydrogens is 320 g/mol. The molecule has 1 atom stereocenters. The number of pyridine rings is 1. The lowest BCUT2D eigenvalue weighted by atomic mass is 10.1. The number of rotatable bonds is 3. The number of carbonyl (C=O) groups is 2. The molecule has 0 bridgehead atoms. The predicted octanol–water partition coefficient (Wildman–Crippen LogP) is 0.0171. The Morgan fingerprint density at radius 1 is 1.24 bits per heavy atom. The standard InChI is InChI=1S/C17H22N6O2/c1-18-16(24)14-10-21(2)7-8-22(11-14)17(25)13-3-4-15(20-9-13)23-6-5-19-12-23/h3-6,9,12,14H,7-8,10-11H2,1-2H3,(H,18,24). The largest absolute Gasteiger partial charge is 0.359 e. The maximum Gasteiger partial charge on any atom is 0.255 e. The van der Waals surface area contributed by atoms with Crippen molar-refractivity contribution in [2.24, 2.45) is 5.92 Å². The summed E-state index contributed by atoms with van der Waals surface area (Å²) < 4.78 is 1.77. The molecule has 1 saturated heterocycles. The number of nitrogens with one attached hydrogen (secondary N) is 1. The molecule has 1 unspecified atom stereocenters. The number of amides is 2. The van der Waals surface area contributed by atoms with Crippen molar-refractivity contribution in [1.29, 1.82) is 0 Å². The minimum Gasteiger partial charge on any atom is -0.359 e. The van der Waals surface area contributed by atoms with Crippen molar-refractivity contribution in [1.82, 2.24) is 29.7 Å². The summed E-state index contributed by atoms with van der Waals surface area (Å²) in [6, 6.07) is 3.54. The van der Waals surface area contributed by atoms with Crippen LogP contribution in [0.15, 0.2) is 37.1 Å². The molecule has 3 rings (SSSR count). The highest BCUT2D eigenvalue weighted by Crippen LogP contribution is 2.13. The number of nitrogens with zero attached hydrogens (tertiary/aromatic N) is 5. The van der Waals surface area contributed by atoms with Crippen LogP contribution in [0.3, 0.4) is 0 Å². The van der Waals surface area contributed by atoms with E-state index in [0.29, 0.717) is 31.0 Å². The molecule has 8 nitrogen and oxygen atoms in total. The lowest BCUT2D eigenvalue weighted by Crippen LogP contribution is -2.41. The van der Waals surface area contributed by atoms with E-state index in [-0.39, 0.29) is 17.7 Å². The minimum absolute atomic E-state index is 0.0415. The van der Waals surface area contributed by atoms with Crippen molar-refractivity contribution in [3.63, 3.8) is 0 Å². The quantitative estimate of drug-likeness (QED) is 0.850. The van der Waals surface area contributed by atoms with Crippen molar-refractivity contribution in [2.75, 3.05) is 40.3 Å². The SMILES string of the molecule is CNC(=O)C1CN(C)CCN(C(=O)c2ccc(-n3ccnc3)nc2)C1. The first kappa shape index (κ1) is 17.1. The number of imidazole rings is 1. The first-order chi connectivity index (χ1) is 12.1. The van der Waals surface area contributed by atoms with Gasteiger partial charge in [-0.05, 0) is 19.2 Å². The van der Waals surface area contributed by atoms with Crippen molar-refractivity contribution in [3.05, 3.63) is 42.6 Å². The van der Waals surface area contributed by atoms with E-state index in [0.717, 1.165) is 6.54 Å². The van der Waals surface area contributed by atoms with E-state index in [1.807, 2.05) is 7.05 Å². The van der Waals surface area contributed by atoms with Crippen LogP contribution in [0.25, 0.3) is 5.82 Å². The molecule has 0 spiro atoms. The highest BCUT2D eigenvalue weighted by molar-refractivity contribution is 5.94. The van der Waals surface area contributed by atoms with Gasteiger partial charge in [0.1, 0.15) is 12.1 Å². The molecule has 1 fully saturated rings. The maximum absolute atomic E-state index is 12.8. The molecule has 1 aliphatic heterocycles. The smallest absolute Gasteiger partial charge is 0.255 e. The average molecular weight is 342 g/mol. The molecule has 2 aromatic rings. The Hall–Kier alpha value is -2.74. The fourth-order valence-corrected chi connectivity index (χ4v) is 2.97. The zero-order valence-corrected chi connectivity index (χ0v) is 14.4. The van der Waals surface area contributed by atoms with E-state index < -0.39 is 0 Å². The van der Waals surface area contributed by atoms with Crippen molar-refractivity contribution < 1.29 is 9.59 Å². The predicted molar refractivity (Wildman–Crippen MR) is 92.3 cm³/mol. The summed E-state index contributed by atoms with van der Waals surface area (Å²) in [6.07, 6.45) is 6.69. The molecule has 1 N–H and O–H groups in total. The topological polar surface area (TPSA) is 83.4 Å². The van der Waals surface area contributed by atoms with Gasteiger partial charge in [-0.3, -0.25) is 14.2 Å². The van der Waals surface area contributed by atoms with Gasteiger partial charge in [-0.2, -0.15) is 0 Å². The van der Waals surface area contributed by atoms with Gasteiger partial charge < -0.3 is 15.1 Å². The van der Waals surface area contributed by atoms with Gasteiger partial charge in [0, 0.05) is 51.8 Å². The molecule has 0 radical (unpaired) electrons. The fraction of sp³-hybridized carbons (Fsp3) is 0.412. The van der Waals surface area contributed by atoms with Crippen LogP contribution in [0.4, 0.5) is 0 Å². The van der Waals surface area contributed by atoms with Gasteiger partial charge in [-0.15, -0.1) is 0 Å². The molecule has 2 aromatic heterocycles. The summed E-state index contributed by atoms with van der Waals surface area (Å²) in [5.74, 6) is 0.321. The normalized spacial score (nSPS) is 18.6. The second kappa shape index (κ2) is 7.43. The lowest BCUT2D eigenvalue weighted by molar-refractivity contribution is -0.125. The highest BCUT2D eigenvalue weighted by atomic mass is 16.2. The van der Waals surface area contributed by atoms with Crippen LogP contribution in [0.1, 0.15) is 10.4 Å². The summed E-state index contributed by atoms with van der Waals surface area (Å²) in [6.45, 7) is 2.37. The molecule has 3 heterocycles. The Balaban J connectivity index is 1.75. The molecule has 0 aliphatic carbocycles. The van der Waals surface area contributed by atoms with Gasteiger partial charge in [-0.25, -0.2) is 9.97 Å². The summed E-state index contributed by atoms with van der Waals surface area (Å²) in [5, 5.41) is 2.68. The Labute approximate surface area is 146 Å². The van der Waals surface area contributed by atoms with E-state index in [1.165, 1.54) is 0 Å². The summed E-state index contributed by atoms with van der Waals surface area (Å²) in [4.78, 5) is 37.0. The van der Waals surface area contributed by atoms with E-state index in [2.05, 4.69) is 20.2 Å². The molecular formula is C17H22N6O2. The third-order valence-electron chi connectivity index (χ3n) is 4.39. The van der Waals surface area contributed by atoms with E-state index >= 15 is 0 Å². The van der Waals surface area contributed by atoms with E-state index in [9.17, 15) is 9.59 Å². The van der Waals surface area contributed by atoms with E-state index in [1.54, 1.807) is 53.6 Å². The average Bonchev–Trinajstić information content (AvgIpc) is 3.10. The van der Waals surface area contributed by atoms with Crippen molar-refractivity contribution in [2.45, 2.75) is 0 Å².